The van der Waals surface area contributed by atoms with E-state index in [-0.39, 0.29) is 11.9 Å². The molecule has 0 saturated heterocycles. The Bertz CT molecular complexity index is 1940. The summed E-state index contributed by atoms with van der Waals surface area (Å²) in [7, 11) is 0. The average Bonchev–Trinajstić information content (AvgIpc) is 3.83. The number of hydrazine groups is 2. The maximum absolute atomic E-state index is 14.1. The standard InChI is InChI=1S/C35H32FN9/c1-2-31(22-6-4-3-5-7-22)42-33-24(16-37)19-40-35-29(25-17-38-21-39-18-25)14-27(15-30(33)35)41-34(23-8-10-26(36)11-9-23)32-20-45(44-43-32)28-12-13-28/h3-11,14-15,17-21,28,31,34,41,43-44H,2,12-13H2,1H3,(H,40,42)/t31-,34-/m1/s1/i34D. The van der Waals surface area contributed by atoms with Crippen LogP contribution in [-0.4, -0.2) is 26.0 Å². The summed E-state index contributed by atoms with van der Waals surface area (Å²) in [6, 6.07) is 20.9. The number of fused-ring (bicyclic) bond motifs is 1. The molecule has 1 fully saturated rings. The van der Waals surface area contributed by atoms with Gasteiger partial charge >= 0.3 is 0 Å². The van der Waals surface area contributed by atoms with Crippen LogP contribution in [0.25, 0.3) is 22.0 Å². The first-order chi connectivity index (χ1) is 22.5. The monoisotopic (exact) mass is 598 g/mol. The van der Waals surface area contributed by atoms with Gasteiger partial charge in [-0.05, 0) is 54.7 Å². The van der Waals surface area contributed by atoms with Crippen LogP contribution in [0.2, 0.25) is 0 Å². The topological polar surface area (TPSA) is 114 Å². The van der Waals surface area contributed by atoms with Crippen molar-refractivity contribution >= 4 is 22.3 Å². The quantitative estimate of drug-likeness (QED) is 0.139. The molecule has 1 aliphatic heterocycles. The highest BCUT2D eigenvalue weighted by molar-refractivity contribution is 6.04. The molecule has 3 aromatic carbocycles. The van der Waals surface area contributed by atoms with Crippen molar-refractivity contribution in [3.8, 4) is 17.2 Å². The van der Waals surface area contributed by atoms with Crippen LogP contribution in [-0.2, 0) is 0 Å². The van der Waals surface area contributed by atoms with Gasteiger partial charge in [-0.25, -0.2) is 14.4 Å². The van der Waals surface area contributed by atoms with E-state index in [1.54, 1.807) is 30.7 Å². The van der Waals surface area contributed by atoms with Gasteiger partial charge < -0.3 is 16.1 Å². The first kappa shape index (κ1) is 27.0. The van der Waals surface area contributed by atoms with Crippen LogP contribution < -0.4 is 21.6 Å². The minimum absolute atomic E-state index is 0.0687. The molecule has 45 heavy (non-hydrogen) atoms. The van der Waals surface area contributed by atoms with E-state index in [1.165, 1.54) is 18.5 Å². The fraction of sp³-hybridized carbons (Fsp3) is 0.200. The van der Waals surface area contributed by atoms with Crippen molar-refractivity contribution < 1.29 is 5.76 Å². The summed E-state index contributed by atoms with van der Waals surface area (Å²) in [6.45, 7) is 2.10. The summed E-state index contributed by atoms with van der Waals surface area (Å²) in [6.07, 6.45) is 11.3. The third-order valence-electron chi connectivity index (χ3n) is 8.09. The Labute approximate surface area is 262 Å². The maximum Gasteiger partial charge on any atom is 0.123 e. The molecule has 0 radical (unpaired) electrons. The van der Waals surface area contributed by atoms with Gasteiger partial charge in [-0.15, -0.1) is 5.53 Å². The number of rotatable bonds is 10. The number of halogens is 1. The molecule has 0 spiro atoms. The zero-order valence-corrected chi connectivity index (χ0v) is 24.6. The van der Waals surface area contributed by atoms with Gasteiger partial charge in [0.2, 0.25) is 0 Å². The van der Waals surface area contributed by atoms with Gasteiger partial charge in [0.15, 0.2) is 0 Å². The summed E-state index contributed by atoms with van der Waals surface area (Å²) in [4.78, 5) is 13.2. The van der Waals surface area contributed by atoms with Crippen LogP contribution in [0.1, 0.15) is 56.3 Å². The normalized spacial score (nSPS) is 16.6. The Balaban J connectivity index is 1.40. The lowest BCUT2D eigenvalue weighted by atomic mass is 9.98. The van der Waals surface area contributed by atoms with Crippen molar-refractivity contribution in [3.63, 3.8) is 0 Å². The molecule has 3 heterocycles. The third kappa shape index (κ3) is 5.86. The van der Waals surface area contributed by atoms with E-state index in [4.69, 9.17) is 4.98 Å². The minimum atomic E-state index is -1.55. The average molecular weight is 599 g/mol. The Kier molecular flexibility index (Phi) is 7.35. The van der Waals surface area contributed by atoms with E-state index >= 15 is 0 Å². The molecule has 2 aromatic heterocycles. The number of pyridine rings is 1. The molecule has 0 unspecified atom stereocenters. The number of hydrogen-bond donors (Lipinski definition) is 4. The van der Waals surface area contributed by atoms with Crippen molar-refractivity contribution in [1.29, 1.82) is 5.26 Å². The lowest BCUT2D eigenvalue weighted by molar-refractivity contribution is 0.260. The van der Waals surface area contributed by atoms with Gasteiger partial charge in [0.05, 0.1) is 35.9 Å². The highest BCUT2D eigenvalue weighted by Gasteiger charge is 2.32. The second-order valence-corrected chi connectivity index (χ2v) is 11.1. The number of benzene rings is 3. The molecular weight excluding hydrogens is 565 g/mol. The SMILES string of the molecule is [2H][C@](Nc1cc(-c2cncnc2)c2ncc(C#N)c(N[C@H](CC)c3ccccc3)c2c1)(C1=CN(C2CC2)NN1)c1ccc(F)cc1. The van der Waals surface area contributed by atoms with E-state index < -0.39 is 6.02 Å². The number of anilines is 2. The molecule has 9 nitrogen and oxygen atoms in total. The molecule has 4 N–H and O–H groups in total. The smallest absolute Gasteiger partial charge is 0.123 e. The highest BCUT2D eigenvalue weighted by Crippen LogP contribution is 2.39. The second kappa shape index (κ2) is 12.2. The van der Waals surface area contributed by atoms with Gasteiger partial charge in [0.1, 0.15) is 18.2 Å². The predicted molar refractivity (Wildman–Crippen MR) is 173 cm³/mol. The number of aromatic nitrogens is 3. The lowest BCUT2D eigenvalue weighted by Gasteiger charge is -2.24. The summed E-state index contributed by atoms with van der Waals surface area (Å²) in [5.74, 6) is -0.385. The van der Waals surface area contributed by atoms with Gasteiger partial charge in [0, 0.05) is 53.0 Å². The lowest BCUT2D eigenvalue weighted by Crippen LogP contribution is -2.38. The molecule has 0 amide bonds. The van der Waals surface area contributed by atoms with Crippen LogP contribution in [0.15, 0.2) is 104 Å². The van der Waals surface area contributed by atoms with Crippen LogP contribution >= 0.6 is 0 Å². The Morgan fingerprint density at radius 1 is 1.04 bits per heavy atom. The molecule has 5 aromatic rings. The summed E-state index contributed by atoms with van der Waals surface area (Å²) >= 11 is 0. The van der Waals surface area contributed by atoms with Crippen molar-refractivity contribution in [2.75, 3.05) is 10.6 Å². The molecule has 224 valence electrons. The van der Waals surface area contributed by atoms with Crippen molar-refractivity contribution in [2.24, 2.45) is 0 Å². The third-order valence-corrected chi connectivity index (χ3v) is 8.09. The Hall–Kier alpha value is -5.53. The number of hydrogen-bond acceptors (Lipinski definition) is 9. The van der Waals surface area contributed by atoms with Crippen molar-refractivity contribution in [2.45, 2.75) is 44.3 Å². The first-order valence-electron chi connectivity index (χ1n) is 15.5. The van der Waals surface area contributed by atoms with Crippen LogP contribution in [0.5, 0.6) is 0 Å². The van der Waals surface area contributed by atoms with Gasteiger partial charge in [0.25, 0.3) is 0 Å². The summed E-state index contributed by atoms with van der Waals surface area (Å²) < 4.78 is 23.9. The molecule has 2 atom stereocenters. The summed E-state index contributed by atoms with van der Waals surface area (Å²) in [5.41, 5.74) is 12.3. The minimum Gasteiger partial charge on any atom is -0.377 e. The van der Waals surface area contributed by atoms with E-state index in [2.05, 4.69) is 56.7 Å². The number of nitriles is 1. The van der Waals surface area contributed by atoms with E-state index in [0.717, 1.165) is 36.0 Å². The Morgan fingerprint density at radius 3 is 2.53 bits per heavy atom. The number of nitrogens with zero attached hydrogens (tertiary/aromatic N) is 5. The van der Waals surface area contributed by atoms with E-state index in [0.29, 0.717) is 45.1 Å². The molecule has 10 heteroatoms. The van der Waals surface area contributed by atoms with Gasteiger partial charge in [-0.3, -0.25) is 9.99 Å². The molecule has 7 rings (SSSR count). The summed E-state index contributed by atoms with van der Waals surface area (Å²) in [5, 5.41) is 20.0. The zero-order valence-electron chi connectivity index (χ0n) is 25.6. The molecular formula is C35H32FN9. The first-order valence-corrected chi connectivity index (χ1v) is 15.0. The van der Waals surface area contributed by atoms with Crippen LogP contribution in [0.3, 0.4) is 0 Å². The molecule has 1 aliphatic carbocycles. The van der Waals surface area contributed by atoms with Gasteiger partial charge in [-0.1, -0.05) is 49.4 Å². The maximum atomic E-state index is 14.1. The Morgan fingerprint density at radius 2 is 1.82 bits per heavy atom. The van der Waals surface area contributed by atoms with Crippen LogP contribution in [0, 0.1) is 17.1 Å². The van der Waals surface area contributed by atoms with Gasteiger partial charge in [-0.2, -0.15) is 5.26 Å². The zero-order chi connectivity index (χ0) is 31.7. The van der Waals surface area contributed by atoms with E-state index in [9.17, 15) is 11.0 Å². The van der Waals surface area contributed by atoms with Crippen LogP contribution in [0.4, 0.5) is 15.8 Å². The van der Waals surface area contributed by atoms with Crippen molar-refractivity contribution in [3.05, 3.63) is 126 Å². The van der Waals surface area contributed by atoms with E-state index in [1.807, 2.05) is 41.5 Å². The highest BCUT2D eigenvalue weighted by atomic mass is 19.1. The molecule has 0 bridgehead atoms. The molecule has 2 aliphatic rings. The fourth-order valence-electron chi connectivity index (χ4n) is 5.61. The largest absolute Gasteiger partial charge is 0.377 e. The number of nitrogens with one attached hydrogen (secondary N) is 4. The molecule has 1 saturated carbocycles. The fourth-order valence-corrected chi connectivity index (χ4v) is 5.61. The second-order valence-electron chi connectivity index (χ2n) is 11.1. The predicted octanol–water partition coefficient (Wildman–Crippen LogP) is 6.75. The van der Waals surface area contributed by atoms with Crippen molar-refractivity contribution in [1.82, 2.24) is 30.9 Å².